The van der Waals surface area contributed by atoms with Gasteiger partial charge in [0, 0.05) is 6.54 Å². The Balaban J connectivity index is 2.07. The van der Waals surface area contributed by atoms with Gasteiger partial charge >= 0.3 is 0 Å². The Morgan fingerprint density at radius 3 is 2.75 bits per heavy atom. The van der Waals surface area contributed by atoms with Crippen molar-refractivity contribution in [2.75, 3.05) is 6.54 Å². The fourth-order valence-electron chi connectivity index (χ4n) is 1.61. The predicted molar refractivity (Wildman–Crippen MR) is 63.4 cm³/mol. The average molecular weight is 308 g/mol. The highest BCUT2D eigenvalue weighted by atomic mass is 79.9. The van der Waals surface area contributed by atoms with E-state index >= 15 is 0 Å². The van der Waals surface area contributed by atoms with Crippen LogP contribution in [0.3, 0.4) is 0 Å². The van der Waals surface area contributed by atoms with Gasteiger partial charge in [-0.1, -0.05) is 6.92 Å². The minimum Gasteiger partial charge on any atom is -0.334 e. The third-order valence-electron chi connectivity index (χ3n) is 3.17. The Kier molecular flexibility index (Phi) is 3.11. The standard InChI is InChI=1S/C9H14BrN3O2S/c1-2-9(3-4-9)5-13-16(14,15)8-7(10)11-6-12-8/h6,13H,2-5H2,1H3,(H,11,12). The smallest absolute Gasteiger partial charge is 0.258 e. The van der Waals surface area contributed by atoms with Crippen molar-refractivity contribution in [3.63, 3.8) is 0 Å². The van der Waals surface area contributed by atoms with Gasteiger partial charge in [0.1, 0.15) is 4.60 Å². The number of aromatic amines is 1. The van der Waals surface area contributed by atoms with Gasteiger partial charge in [0.2, 0.25) is 0 Å². The molecule has 0 spiro atoms. The third-order valence-corrected chi connectivity index (χ3v) is 5.41. The van der Waals surface area contributed by atoms with E-state index in [0.29, 0.717) is 11.1 Å². The molecule has 0 aromatic carbocycles. The van der Waals surface area contributed by atoms with Crippen LogP contribution in [0, 0.1) is 5.41 Å². The Morgan fingerprint density at radius 2 is 2.31 bits per heavy atom. The molecule has 2 rings (SSSR count). The number of imidazole rings is 1. The lowest BCUT2D eigenvalue weighted by Crippen LogP contribution is -2.30. The molecule has 1 aromatic heterocycles. The Bertz CT molecular complexity index is 479. The molecule has 0 atom stereocenters. The molecule has 16 heavy (non-hydrogen) atoms. The number of rotatable bonds is 5. The minimum atomic E-state index is -3.47. The van der Waals surface area contributed by atoms with Crippen LogP contribution in [0.1, 0.15) is 26.2 Å². The summed E-state index contributed by atoms with van der Waals surface area (Å²) in [6.07, 6.45) is 4.58. The monoisotopic (exact) mass is 307 g/mol. The van der Waals surface area contributed by atoms with Gasteiger partial charge in [-0.2, -0.15) is 0 Å². The number of sulfonamides is 1. The SMILES string of the molecule is CCC1(CNS(=O)(=O)c2[nH]cnc2Br)CC1. The van der Waals surface area contributed by atoms with Crippen molar-refractivity contribution in [1.82, 2.24) is 14.7 Å². The van der Waals surface area contributed by atoms with E-state index in [1.807, 2.05) is 0 Å². The van der Waals surface area contributed by atoms with Crippen molar-refractivity contribution in [3.05, 3.63) is 10.9 Å². The highest BCUT2D eigenvalue weighted by Gasteiger charge is 2.41. The van der Waals surface area contributed by atoms with E-state index in [0.717, 1.165) is 19.3 Å². The predicted octanol–water partition coefficient (Wildman–Crippen LogP) is 1.64. The van der Waals surface area contributed by atoms with Gasteiger partial charge in [-0.15, -0.1) is 0 Å². The van der Waals surface area contributed by atoms with Crippen LogP contribution in [0.15, 0.2) is 16.0 Å². The molecule has 5 nitrogen and oxygen atoms in total. The number of H-pyrrole nitrogens is 1. The second-order valence-corrected chi connectivity index (χ2v) is 6.66. The van der Waals surface area contributed by atoms with E-state index in [-0.39, 0.29) is 10.4 Å². The highest BCUT2D eigenvalue weighted by molar-refractivity contribution is 9.10. The second-order valence-electron chi connectivity index (χ2n) is 4.20. The van der Waals surface area contributed by atoms with Crippen molar-refractivity contribution >= 4 is 26.0 Å². The zero-order valence-corrected chi connectivity index (χ0v) is 11.4. The van der Waals surface area contributed by atoms with Crippen molar-refractivity contribution in [1.29, 1.82) is 0 Å². The van der Waals surface area contributed by atoms with Crippen LogP contribution in [-0.4, -0.2) is 24.9 Å². The molecule has 1 aliphatic rings. The molecule has 2 N–H and O–H groups in total. The van der Waals surface area contributed by atoms with Crippen molar-refractivity contribution < 1.29 is 8.42 Å². The molecule has 0 bridgehead atoms. The number of halogens is 1. The highest BCUT2D eigenvalue weighted by Crippen LogP contribution is 2.48. The van der Waals surface area contributed by atoms with Crippen LogP contribution in [-0.2, 0) is 10.0 Å². The lowest BCUT2D eigenvalue weighted by molar-refractivity contribution is 0.475. The molecule has 1 fully saturated rings. The summed E-state index contributed by atoms with van der Waals surface area (Å²) < 4.78 is 26.7. The molecule has 0 amide bonds. The molecular formula is C9H14BrN3O2S. The van der Waals surface area contributed by atoms with Crippen LogP contribution in [0.2, 0.25) is 0 Å². The van der Waals surface area contributed by atoms with Gasteiger partial charge in [-0.3, -0.25) is 0 Å². The fraction of sp³-hybridized carbons (Fsp3) is 0.667. The zero-order valence-electron chi connectivity index (χ0n) is 8.96. The summed E-state index contributed by atoms with van der Waals surface area (Å²) in [5, 5.41) is 0.0967. The number of aromatic nitrogens is 2. The van der Waals surface area contributed by atoms with Gasteiger partial charge in [-0.25, -0.2) is 18.1 Å². The largest absolute Gasteiger partial charge is 0.334 e. The quantitative estimate of drug-likeness (QED) is 0.868. The van der Waals surface area contributed by atoms with Gasteiger partial charge in [0.25, 0.3) is 10.0 Å². The van der Waals surface area contributed by atoms with E-state index < -0.39 is 10.0 Å². The number of hydrogen-bond donors (Lipinski definition) is 2. The van der Waals surface area contributed by atoms with E-state index in [4.69, 9.17) is 0 Å². The van der Waals surface area contributed by atoms with Crippen LogP contribution >= 0.6 is 15.9 Å². The van der Waals surface area contributed by atoms with Gasteiger partial charge in [0.15, 0.2) is 5.03 Å². The first-order valence-electron chi connectivity index (χ1n) is 5.18. The lowest BCUT2D eigenvalue weighted by Gasteiger charge is -2.12. The fourth-order valence-corrected chi connectivity index (χ4v) is 3.59. The first-order chi connectivity index (χ1) is 7.49. The second kappa shape index (κ2) is 4.12. The van der Waals surface area contributed by atoms with E-state index in [2.05, 4.69) is 37.5 Å². The molecule has 90 valence electrons. The first-order valence-corrected chi connectivity index (χ1v) is 7.45. The maximum atomic E-state index is 11.9. The summed E-state index contributed by atoms with van der Waals surface area (Å²) in [7, 11) is -3.47. The van der Waals surface area contributed by atoms with Crippen molar-refractivity contribution in [2.45, 2.75) is 31.2 Å². The molecule has 0 aliphatic heterocycles. The van der Waals surface area contributed by atoms with E-state index in [9.17, 15) is 8.42 Å². The molecule has 7 heteroatoms. The molecule has 0 saturated heterocycles. The summed E-state index contributed by atoms with van der Waals surface area (Å²) in [5.41, 5.74) is 0.194. The molecule has 0 radical (unpaired) electrons. The summed E-state index contributed by atoms with van der Waals surface area (Å²) in [5.74, 6) is 0. The number of nitrogens with one attached hydrogen (secondary N) is 2. The maximum Gasteiger partial charge on any atom is 0.258 e. The normalized spacial score (nSPS) is 18.6. The Morgan fingerprint density at radius 1 is 1.62 bits per heavy atom. The third kappa shape index (κ3) is 2.31. The summed E-state index contributed by atoms with van der Waals surface area (Å²) in [6, 6.07) is 0. The van der Waals surface area contributed by atoms with Crippen LogP contribution < -0.4 is 4.72 Å². The van der Waals surface area contributed by atoms with Gasteiger partial charge in [0.05, 0.1) is 6.33 Å². The maximum absolute atomic E-state index is 11.9. The molecule has 1 aromatic rings. The summed E-state index contributed by atoms with van der Waals surface area (Å²) >= 11 is 3.09. The number of nitrogens with zero attached hydrogens (tertiary/aromatic N) is 1. The minimum absolute atomic E-state index is 0.0967. The summed E-state index contributed by atoms with van der Waals surface area (Å²) in [4.78, 5) is 6.42. The zero-order chi connectivity index (χ0) is 11.8. The topological polar surface area (TPSA) is 74.8 Å². The van der Waals surface area contributed by atoms with E-state index in [1.54, 1.807) is 0 Å². The molecule has 0 unspecified atom stereocenters. The van der Waals surface area contributed by atoms with E-state index in [1.165, 1.54) is 6.33 Å². The van der Waals surface area contributed by atoms with Crippen LogP contribution in [0.4, 0.5) is 0 Å². The van der Waals surface area contributed by atoms with Gasteiger partial charge in [-0.05, 0) is 40.6 Å². The van der Waals surface area contributed by atoms with Crippen molar-refractivity contribution in [2.24, 2.45) is 5.41 Å². The van der Waals surface area contributed by atoms with Crippen molar-refractivity contribution in [3.8, 4) is 0 Å². The van der Waals surface area contributed by atoms with Gasteiger partial charge < -0.3 is 4.98 Å². The summed E-state index contributed by atoms with van der Waals surface area (Å²) in [6.45, 7) is 2.60. The Labute approximate surface area is 103 Å². The molecule has 1 heterocycles. The molecule has 1 saturated carbocycles. The number of hydrogen-bond acceptors (Lipinski definition) is 3. The lowest BCUT2D eigenvalue weighted by atomic mass is 10.1. The van der Waals surface area contributed by atoms with Crippen LogP contribution in [0.25, 0.3) is 0 Å². The Hall–Kier alpha value is -0.400. The molecule has 1 aliphatic carbocycles. The van der Waals surface area contributed by atoms with Crippen LogP contribution in [0.5, 0.6) is 0 Å². The average Bonchev–Trinajstić information content (AvgIpc) is 2.91. The first kappa shape index (κ1) is 12.1. The molecular weight excluding hydrogens is 294 g/mol.